The Morgan fingerprint density at radius 3 is 2.45 bits per heavy atom. The van der Waals surface area contributed by atoms with Crippen LogP contribution in [0, 0.1) is 22.7 Å². The molecule has 22 heavy (non-hydrogen) atoms. The molecule has 1 aromatic rings. The number of rotatable bonds is 0. The molecular weight excluding hydrogens is 264 g/mol. The zero-order valence-corrected chi connectivity index (χ0v) is 14.9. The molecule has 120 valence electrons. The normalized spacial score (nSPS) is 42.9. The summed E-state index contributed by atoms with van der Waals surface area (Å²) in [5.41, 5.74) is 4.86. The van der Waals surface area contributed by atoms with Crippen molar-refractivity contribution in [1.29, 1.82) is 0 Å². The maximum atomic E-state index is 2.66. The number of benzene rings is 1. The second-order valence-electron chi connectivity index (χ2n) is 9.61. The van der Waals surface area contributed by atoms with Crippen LogP contribution in [0.5, 0.6) is 0 Å². The van der Waals surface area contributed by atoms with Crippen molar-refractivity contribution in [2.75, 3.05) is 0 Å². The molecule has 1 aromatic carbocycles. The van der Waals surface area contributed by atoms with E-state index in [9.17, 15) is 0 Å². The maximum Gasteiger partial charge on any atom is -0.00388 e. The topological polar surface area (TPSA) is 0 Å². The van der Waals surface area contributed by atoms with Gasteiger partial charge in [-0.2, -0.15) is 0 Å². The lowest BCUT2D eigenvalue weighted by Gasteiger charge is -2.64. The Balaban J connectivity index is 1.81. The van der Waals surface area contributed by atoms with E-state index in [1.165, 1.54) is 44.9 Å². The van der Waals surface area contributed by atoms with Gasteiger partial charge in [-0.15, -0.1) is 0 Å². The van der Waals surface area contributed by atoms with Gasteiger partial charge in [0.15, 0.2) is 0 Å². The molecule has 2 fully saturated rings. The zero-order chi connectivity index (χ0) is 15.6. The van der Waals surface area contributed by atoms with Gasteiger partial charge in [-0.25, -0.2) is 0 Å². The molecule has 0 saturated heterocycles. The summed E-state index contributed by atoms with van der Waals surface area (Å²) in [5.74, 6) is 1.81. The lowest BCUT2D eigenvalue weighted by Crippen LogP contribution is -2.57. The Hall–Kier alpha value is -0.780. The van der Waals surface area contributed by atoms with E-state index in [4.69, 9.17) is 0 Å². The first-order valence-corrected chi connectivity index (χ1v) is 9.46. The van der Waals surface area contributed by atoms with Crippen LogP contribution in [-0.4, -0.2) is 0 Å². The first-order chi connectivity index (χ1) is 10.4. The zero-order valence-electron chi connectivity index (χ0n) is 14.9. The number of aryl methyl sites for hydroxylation is 1. The summed E-state index contributed by atoms with van der Waals surface area (Å²) in [6, 6.07) is 9.33. The standard InChI is InChI=1S/C22H32/c1-20(2)13-7-14-22(4)18(20)12-15-21(3)17-9-6-5-8-16(17)10-11-19(21)22/h5-6,8-9,18-19H,7,10-15H2,1-4H3/t18?,19?,21-,22-/m0/s1. The Labute approximate surface area is 136 Å². The molecule has 2 unspecified atom stereocenters. The molecule has 4 rings (SSSR count). The molecule has 4 atom stereocenters. The summed E-state index contributed by atoms with van der Waals surface area (Å²) in [5, 5.41) is 0. The van der Waals surface area contributed by atoms with Crippen molar-refractivity contribution in [1.82, 2.24) is 0 Å². The fraction of sp³-hybridized carbons (Fsp3) is 0.727. The minimum atomic E-state index is 0.424. The average Bonchev–Trinajstić information content (AvgIpc) is 2.46. The van der Waals surface area contributed by atoms with Crippen LogP contribution in [0.1, 0.15) is 77.3 Å². The molecule has 0 aromatic heterocycles. The number of fused-ring (bicyclic) bond motifs is 5. The van der Waals surface area contributed by atoms with E-state index in [2.05, 4.69) is 52.0 Å². The molecular formula is C22H32. The van der Waals surface area contributed by atoms with Crippen LogP contribution >= 0.6 is 0 Å². The number of hydrogen-bond donors (Lipinski definition) is 0. The Kier molecular flexibility index (Phi) is 3.10. The third-order valence-electron chi connectivity index (χ3n) is 8.13. The smallest absolute Gasteiger partial charge is 0.00388 e. The molecule has 0 aliphatic heterocycles. The molecule has 3 aliphatic carbocycles. The highest BCUT2D eigenvalue weighted by Crippen LogP contribution is 2.66. The molecule has 2 saturated carbocycles. The molecule has 0 N–H and O–H groups in total. The molecule has 0 radical (unpaired) electrons. The maximum absolute atomic E-state index is 2.66. The van der Waals surface area contributed by atoms with E-state index in [1.807, 2.05) is 0 Å². The van der Waals surface area contributed by atoms with Gasteiger partial charge >= 0.3 is 0 Å². The van der Waals surface area contributed by atoms with E-state index in [0.717, 1.165) is 11.8 Å². The second kappa shape index (κ2) is 4.62. The summed E-state index contributed by atoms with van der Waals surface area (Å²) < 4.78 is 0. The SMILES string of the molecule is CC1(C)CCC[C@@]2(C)C1CC[C@@]1(C)c3ccccc3CCC21. The third-order valence-corrected chi connectivity index (χ3v) is 8.13. The molecule has 0 heteroatoms. The monoisotopic (exact) mass is 296 g/mol. The van der Waals surface area contributed by atoms with Crippen LogP contribution in [0.15, 0.2) is 24.3 Å². The highest BCUT2D eigenvalue weighted by Gasteiger charge is 2.59. The molecule has 3 aliphatic rings. The van der Waals surface area contributed by atoms with Crippen LogP contribution < -0.4 is 0 Å². The summed E-state index contributed by atoms with van der Waals surface area (Å²) in [7, 11) is 0. The molecule has 0 amide bonds. The van der Waals surface area contributed by atoms with Gasteiger partial charge in [0.25, 0.3) is 0 Å². The summed E-state index contributed by atoms with van der Waals surface area (Å²) >= 11 is 0. The van der Waals surface area contributed by atoms with Gasteiger partial charge in [-0.1, -0.05) is 58.4 Å². The van der Waals surface area contributed by atoms with Gasteiger partial charge in [0.1, 0.15) is 0 Å². The minimum Gasteiger partial charge on any atom is -0.0620 e. The van der Waals surface area contributed by atoms with Gasteiger partial charge in [-0.05, 0) is 77.7 Å². The van der Waals surface area contributed by atoms with Crippen molar-refractivity contribution in [3.63, 3.8) is 0 Å². The van der Waals surface area contributed by atoms with Gasteiger partial charge in [0.05, 0.1) is 0 Å². The molecule has 0 heterocycles. The predicted molar refractivity (Wildman–Crippen MR) is 94.1 cm³/mol. The highest BCUT2D eigenvalue weighted by molar-refractivity contribution is 5.39. The van der Waals surface area contributed by atoms with Gasteiger partial charge < -0.3 is 0 Å². The lowest BCUT2D eigenvalue weighted by atomic mass is 9.40. The van der Waals surface area contributed by atoms with Crippen LogP contribution in [0.4, 0.5) is 0 Å². The predicted octanol–water partition coefficient (Wildman–Crippen LogP) is 6.13. The summed E-state index contributed by atoms with van der Waals surface area (Å²) in [6.07, 6.45) is 9.89. The lowest BCUT2D eigenvalue weighted by molar-refractivity contribution is -0.110. The van der Waals surface area contributed by atoms with Crippen LogP contribution in [0.2, 0.25) is 0 Å². The first-order valence-electron chi connectivity index (χ1n) is 9.46. The van der Waals surface area contributed by atoms with Crippen molar-refractivity contribution in [2.45, 2.75) is 78.1 Å². The first kappa shape index (κ1) is 14.8. The van der Waals surface area contributed by atoms with Crippen LogP contribution in [0.25, 0.3) is 0 Å². The Morgan fingerprint density at radius 2 is 1.64 bits per heavy atom. The van der Waals surface area contributed by atoms with E-state index >= 15 is 0 Å². The fourth-order valence-electron chi connectivity index (χ4n) is 7.22. The van der Waals surface area contributed by atoms with E-state index < -0.39 is 0 Å². The fourth-order valence-corrected chi connectivity index (χ4v) is 7.22. The van der Waals surface area contributed by atoms with E-state index in [-0.39, 0.29) is 0 Å². The van der Waals surface area contributed by atoms with Crippen LogP contribution in [0.3, 0.4) is 0 Å². The van der Waals surface area contributed by atoms with E-state index in [0.29, 0.717) is 16.2 Å². The van der Waals surface area contributed by atoms with Crippen molar-refractivity contribution in [2.24, 2.45) is 22.7 Å². The van der Waals surface area contributed by atoms with Gasteiger partial charge in [0.2, 0.25) is 0 Å². The molecule has 0 bridgehead atoms. The van der Waals surface area contributed by atoms with Crippen molar-refractivity contribution in [3.05, 3.63) is 35.4 Å². The molecule has 0 spiro atoms. The Bertz CT molecular complexity index is 583. The van der Waals surface area contributed by atoms with Crippen molar-refractivity contribution in [3.8, 4) is 0 Å². The number of hydrogen-bond acceptors (Lipinski definition) is 0. The quantitative estimate of drug-likeness (QED) is 0.540. The third kappa shape index (κ3) is 1.82. The molecule has 0 nitrogen and oxygen atoms in total. The van der Waals surface area contributed by atoms with Crippen molar-refractivity contribution >= 4 is 0 Å². The summed E-state index contributed by atoms with van der Waals surface area (Å²) in [4.78, 5) is 0. The second-order valence-corrected chi connectivity index (χ2v) is 9.61. The summed E-state index contributed by atoms with van der Waals surface area (Å²) in [6.45, 7) is 10.4. The van der Waals surface area contributed by atoms with E-state index in [1.54, 1.807) is 11.1 Å². The minimum absolute atomic E-state index is 0.424. The highest BCUT2D eigenvalue weighted by atomic mass is 14.6. The van der Waals surface area contributed by atoms with Gasteiger partial charge in [0, 0.05) is 0 Å². The van der Waals surface area contributed by atoms with Crippen molar-refractivity contribution < 1.29 is 0 Å². The van der Waals surface area contributed by atoms with Crippen LogP contribution in [-0.2, 0) is 11.8 Å². The Morgan fingerprint density at radius 1 is 0.864 bits per heavy atom. The average molecular weight is 296 g/mol. The van der Waals surface area contributed by atoms with Gasteiger partial charge in [-0.3, -0.25) is 0 Å². The largest absolute Gasteiger partial charge is 0.0620 e.